The molecule has 0 saturated carbocycles. The summed E-state index contributed by atoms with van der Waals surface area (Å²) in [5, 5.41) is 3.22. The fraction of sp³-hybridized carbons (Fsp3) is 0.750. The van der Waals surface area contributed by atoms with Crippen LogP contribution in [0.25, 0.3) is 0 Å². The van der Waals surface area contributed by atoms with Crippen molar-refractivity contribution in [3.63, 3.8) is 0 Å². The van der Waals surface area contributed by atoms with Crippen LogP contribution in [0, 0.1) is 5.92 Å². The third-order valence-electron chi connectivity index (χ3n) is 2.56. The third-order valence-corrected chi connectivity index (χ3v) is 2.56. The zero-order valence-corrected chi connectivity index (χ0v) is 10.0. The molecule has 0 radical (unpaired) electrons. The van der Waals surface area contributed by atoms with Crippen LogP contribution in [0.5, 0.6) is 0 Å². The summed E-state index contributed by atoms with van der Waals surface area (Å²) in [6.07, 6.45) is 2.68. The molecule has 0 aromatic heterocycles. The highest BCUT2D eigenvalue weighted by Crippen LogP contribution is 2.22. The summed E-state index contributed by atoms with van der Waals surface area (Å²) in [6.45, 7) is 11.5. The molecule has 86 valence electrons. The van der Waals surface area contributed by atoms with Gasteiger partial charge in [-0.2, -0.15) is 0 Å². The van der Waals surface area contributed by atoms with Crippen molar-refractivity contribution in [2.45, 2.75) is 51.8 Å². The first-order valence-electron chi connectivity index (χ1n) is 5.45. The SMILES string of the molecule is C=C[C@@H]1N[C@H](C(=O)OC(C)(C)C)C[C@H]1C. The average Bonchev–Trinajstić information content (AvgIpc) is 2.43. The summed E-state index contributed by atoms with van der Waals surface area (Å²) >= 11 is 0. The van der Waals surface area contributed by atoms with Crippen LogP contribution in [0.3, 0.4) is 0 Å². The van der Waals surface area contributed by atoms with Crippen molar-refractivity contribution < 1.29 is 9.53 Å². The number of esters is 1. The predicted molar refractivity (Wildman–Crippen MR) is 60.5 cm³/mol. The molecule has 0 aliphatic carbocycles. The molecule has 0 aromatic rings. The molecule has 0 aromatic carbocycles. The maximum Gasteiger partial charge on any atom is 0.323 e. The summed E-state index contributed by atoms with van der Waals surface area (Å²) in [5.74, 6) is 0.290. The Kier molecular flexibility index (Phi) is 3.55. The average molecular weight is 211 g/mol. The summed E-state index contributed by atoms with van der Waals surface area (Å²) < 4.78 is 5.33. The van der Waals surface area contributed by atoms with Gasteiger partial charge in [0, 0.05) is 6.04 Å². The summed E-state index contributed by atoms with van der Waals surface area (Å²) in [6, 6.07) is 0.0461. The molecule has 1 saturated heterocycles. The van der Waals surface area contributed by atoms with Crippen LogP contribution in [-0.2, 0) is 9.53 Å². The molecule has 3 nitrogen and oxygen atoms in total. The first-order chi connectivity index (χ1) is 6.83. The van der Waals surface area contributed by atoms with E-state index in [2.05, 4.69) is 18.8 Å². The maximum atomic E-state index is 11.7. The zero-order chi connectivity index (χ0) is 11.6. The van der Waals surface area contributed by atoms with Crippen molar-refractivity contribution in [1.29, 1.82) is 0 Å². The molecular formula is C12H21NO2. The van der Waals surface area contributed by atoms with Crippen molar-refractivity contribution in [3.05, 3.63) is 12.7 Å². The standard InChI is InChI=1S/C12H21NO2/c1-6-9-8(2)7-10(13-9)11(14)15-12(3,4)5/h6,8-10,13H,1,7H2,2-5H3/t8-,9+,10+/m1/s1. The molecule has 3 heteroatoms. The molecular weight excluding hydrogens is 190 g/mol. The van der Waals surface area contributed by atoms with E-state index >= 15 is 0 Å². The van der Waals surface area contributed by atoms with Gasteiger partial charge in [-0.25, -0.2) is 0 Å². The van der Waals surface area contributed by atoms with Gasteiger partial charge in [-0.05, 0) is 33.1 Å². The van der Waals surface area contributed by atoms with Gasteiger partial charge in [0.05, 0.1) is 0 Å². The van der Waals surface area contributed by atoms with Crippen LogP contribution >= 0.6 is 0 Å². The Morgan fingerprint density at radius 1 is 1.53 bits per heavy atom. The van der Waals surface area contributed by atoms with E-state index in [9.17, 15) is 4.79 Å². The quantitative estimate of drug-likeness (QED) is 0.560. The van der Waals surface area contributed by atoms with Crippen molar-refractivity contribution in [1.82, 2.24) is 5.32 Å². The maximum absolute atomic E-state index is 11.7. The van der Waals surface area contributed by atoms with E-state index in [-0.39, 0.29) is 18.1 Å². The Labute approximate surface area is 91.9 Å². The molecule has 1 aliphatic heterocycles. The van der Waals surface area contributed by atoms with Crippen molar-refractivity contribution in [3.8, 4) is 0 Å². The van der Waals surface area contributed by atoms with Crippen LogP contribution in [0.15, 0.2) is 12.7 Å². The van der Waals surface area contributed by atoms with E-state index in [1.165, 1.54) is 0 Å². The molecule has 1 fully saturated rings. The van der Waals surface area contributed by atoms with Gasteiger partial charge in [-0.1, -0.05) is 13.0 Å². The van der Waals surface area contributed by atoms with Crippen LogP contribution < -0.4 is 5.32 Å². The minimum absolute atomic E-state index is 0.154. The van der Waals surface area contributed by atoms with E-state index in [0.29, 0.717) is 5.92 Å². The fourth-order valence-electron chi connectivity index (χ4n) is 1.82. The topological polar surface area (TPSA) is 38.3 Å². The number of ether oxygens (including phenoxy) is 1. The van der Waals surface area contributed by atoms with Gasteiger partial charge in [0.1, 0.15) is 11.6 Å². The lowest BCUT2D eigenvalue weighted by Crippen LogP contribution is -2.39. The van der Waals surface area contributed by atoms with Gasteiger partial charge in [-0.3, -0.25) is 10.1 Å². The highest BCUT2D eigenvalue weighted by atomic mass is 16.6. The van der Waals surface area contributed by atoms with Gasteiger partial charge in [0.2, 0.25) is 0 Å². The van der Waals surface area contributed by atoms with E-state index in [0.717, 1.165) is 6.42 Å². The van der Waals surface area contributed by atoms with Crippen LogP contribution in [0.1, 0.15) is 34.1 Å². The van der Waals surface area contributed by atoms with Crippen LogP contribution in [0.2, 0.25) is 0 Å². The zero-order valence-electron chi connectivity index (χ0n) is 10.0. The minimum atomic E-state index is -0.408. The van der Waals surface area contributed by atoms with Crippen molar-refractivity contribution in [2.75, 3.05) is 0 Å². The second kappa shape index (κ2) is 4.35. The largest absolute Gasteiger partial charge is 0.459 e. The predicted octanol–water partition coefficient (Wildman–Crippen LogP) is 1.88. The Hall–Kier alpha value is -0.830. The van der Waals surface area contributed by atoms with E-state index in [4.69, 9.17) is 4.74 Å². The van der Waals surface area contributed by atoms with Crippen molar-refractivity contribution >= 4 is 5.97 Å². The Balaban J connectivity index is 2.53. The van der Waals surface area contributed by atoms with E-state index < -0.39 is 5.60 Å². The number of hydrogen-bond donors (Lipinski definition) is 1. The van der Waals surface area contributed by atoms with Gasteiger partial charge < -0.3 is 4.74 Å². The van der Waals surface area contributed by atoms with Gasteiger partial charge in [-0.15, -0.1) is 6.58 Å². The first kappa shape index (κ1) is 12.2. The third kappa shape index (κ3) is 3.34. The number of hydrogen-bond acceptors (Lipinski definition) is 3. The Morgan fingerprint density at radius 2 is 2.13 bits per heavy atom. The number of carbonyl (C=O) groups excluding carboxylic acids is 1. The van der Waals surface area contributed by atoms with E-state index in [1.54, 1.807) is 0 Å². The molecule has 3 atom stereocenters. The molecule has 15 heavy (non-hydrogen) atoms. The van der Waals surface area contributed by atoms with E-state index in [1.807, 2.05) is 26.8 Å². The number of carbonyl (C=O) groups is 1. The van der Waals surface area contributed by atoms with Gasteiger partial charge >= 0.3 is 5.97 Å². The smallest absolute Gasteiger partial charge is 0.323 e. The number of nitrogens with one attached hydrogen (secondary N) is 1. The molecule has 1 N–H and O–H groups in total. The molecule has 1 aliphatic rings. The second-order valence-electron chi connectivity index (χ2n) is 5.23. The van der Waals surface area contributed by atoms with Crippen molar-refractivity contribution in [2.24, 2.45) is 5.92 Å². The molecule has 0 spiro atoms. The molecule has 0 unspecified atom stereocenters. The molecule has 1 heterocycles. The molecule has 1 rings (SSSR count). The number of rotatable bonds is 2. The molecule has 0 bridgehead atoms. The second-order valence-corrected chi connectivity index (χ2v) is 5.23. The summed E-state index contributed by atoms with van der Waals surface area (Å²) in [4.78, 5) is 11.7. The summed E-state index contributed by atoms with van der Waals surface area (Å²) in [7, 11) is 0. The fourth-order valence-corrected chi connectivity index (χ4v) is 1.82. The minimum Gasteiger partial charge on any atom is -0.459 e. The van der Waals surface area contributed by atoms with Crippen LogP contribution in [0.4, 0.5) is 0 Å². The van der Waals surface area contributed by atoms with Gasteiger partial charge in [0.25, 0.3) is 0 Å². The lowest BCUT2D eigenvalue weighted by atomic mass is 10.0. The van der Waals surface area contributed by atoms with Gasteiger partial charge in [0.15, 0.2) is 0 Å². The first-order valence-corrected chi connectivity index (χ1v) is 5.45. The lowest BCUT2D eigenvalue weighted by Gasteiger charge is -2.22. The molecule has 0 amide bonds. The highest BCUT2D eigenvalue weighted by molar-refractivity contribution is 5.76. The normalized spacial score (nSPS) is 31.3. The monoisotopic (exact) mass is 211 g/mol. The summed E-state index contributed by atoms with van der Waals surface area (Å²) in [5.41, 5.74) is -0.408. The highest BCUT2D eigenvalue weighted by Gasteiger charge is 2.35. The Morgan fingerprint density at radius 3 is 2.53 bits per heavy atom. The Bertz CT molecular complexity index is 255. The lowest BCUT2D eigenvalue weighted by molar-refractivity contribution is -0.157. The van der Waals surface area contributed by atoms with Crippen LogP contribution in [-0.4, -0.2) is 23.7 Å².